The first-order valence-electron chi connectivity index (χ1n) is 6.27. The van der Waals surface area contributed by atoms with Crippen LogP contribution in [0.4, 0.5) is 0 Å². The van der Waals surface area contributed by atoms with Crippen molar-refractivity contribution in [2.24, 2.45) is 0 Å². The molecule has 5 heteroatoms. The van der Waals surface area contributed by atoms with E-state index in [4.69, 9.17) is 16.1 Å². The molecule has 5 nitrogen and oxygen atoms in total. The molecule has 0 atom stereocenters. The number of hydrogen-bond acceptors (Lipinski definition) is 4. The molecular weight excluding hydrogens is 244 g/mol. The summed E-state index contributed by atoms with van der Waals surface area (Å²) in [5.74, 6) is -0.117. The van der Waals surface area contributed by atoms with Crippen molar-refractivity contribution in [3.8, 4) is 11.5 Å². The van der Waals surface area contributed by atoms with Gasteiger partial charge in [0, 0.05) is 18.8 Å². The van der Waals surface area contributed by atoms with Crippen molar-refractivity contribution in [1.29, 1.82) is 0 Å². The lowest BCUT2D eigenvalue weighted by Crippen LogP contribution is -2.27. The third kappa shape index (κ3) is 2.46. The molecule has 0 saturated carbocycles. The maximum atomic E-state index is 11.9. The maximum absolute atomic E-state index is 11.9. The lowest BCUT2D eigenvalue weighted by atomic mass is 10.1. The van der Waals surface area contributed by atoms with Crippen LogP contribution in [0.2, 0.25) is 0 Å². The second-order valence-electron chi connectivity index (χ2n) is 4.59. The lowest BCUT2D eigenvalue weighted by molar-refractivity contribution is 0.0644. The van der Waals surface area contributed by atoms with Crippen LogP contribution in [0.25, 0.3) is 11.5 Å². The Morgan fingerprint density at radius 2 is 2.11 bits per heavy atom. The second-order valence-corrected chi connectivity index (χ2v) is 4.59. The molecule has 0 N–H and O–H groups in total. The molecule has 0 bridgehead atoms. The quantitative estimate of drug-likeness (QED) is 0.825. The fraction of sp³-hybridized carbons (Fsp3) is 0.357. The number of nitrogens with zero attached hydrogens (tertiary/aromatic N) is 2. The van der Waals surface area contributed by atoms with Gasteiger partial charge in [-0.3, -0.25) is 0 Å². The predicted molar refractivity (Wildman–Crippen MR) is 68.7 cm³/mol. The molecule has 1 aromatic carbocycles. The van der Waals surface area contributed by atoms with Gasteiger partial charge in [-0.25, -0.2) is 4.79 Å². The fourth-order valence-corrected chi connectivity index (χ4v) is 2.24. The van der Waals surface area contributed by atoms with E-state index >= 15 is 0 Å². The molecule has 2 heterocycles. The SMILES string of the molecule is [CH]c1cccc(-c2nn(C3CCOCC3)c(=O)o2)c1. The summed E-state index contributed by atoms with van der Waals surface area (Å²) in [7, 11) is 0. The first-order valence-corrected chi connectivity index (χ1v) is 6.27. The second kappa shape index (κ2) is 5.01. The van der Waals surface area contributed by atoms with Gasteiger partial charge in [0.25, 0.3) is 0 Å². The average Bonchev–Trinajstić information content (AvgIpc) is 2.82. The van der Waals surface area contributed by atoms with Crippen molar-refractivity contribution in [2.45, 2.75) is 18.9 Å². The van der Waals surface area contributed by atoms with E-state index in [1.54, 1.807) is 18.2 Å². The van der Waals surface area contributed by atoms with Gasteiger partial charge in [-0.1, -0.05) is 12.1 Å². The Kier molecular flexibility index (Phi) is 3.21. The first kappa shape index (κ1) is 12.2. The zero-order valence-corrected chi connectivity index (χ0v) is 10.4. The standard InChI is InChI=1S/C14H14N2O3/c1-10-3-2-4-11(9-10)13-15-16(14(17)19-13)12-5-7-18-8-6-12/h1-4,9,12H,5-8H2. The van der Waals surface area contributed by atoms with Gasteiger partial charge in [0.1, 0.15) is 0 Å². The van der Waals surface area contributed by atoms with Gasteiger partial charge in [-0.05, 0) is 37.5 Å². The van der Waals surface area contributed by atoms with Crippen LogP contribution in [0, 0.1) is 6.92 Å². The molecule has 1 aromatic heterocycles. The Morgan fingerprint density at radius 3 is 2.84 bits per heavy atom. The minimum absolute atomic E-state index is 0.0554. The summed E-state index contributed by atoms with van der Waals surface area (Å²) in [5, 5.41) is 4.27. The topological polar surface area (TPSA) is 57.3 Å². The summed E-state index contributed by atoms with van der Waals surface area (Å²) in [5.41, 5.74) is 1.32. The summed E-state index contributed by atoms with van der Waals surface area (Å²) in [6.45, 7) is 7.01. The van der Waals surface area contributed by atoms with E-state index in [1.807, 2.05) is 6.07 Å². The van der Waals surface area contributed by atoms with Crippen LogP contribution in [0.1, 0.15) is 24.4 Å². The molecule has 1 aliphatic rings. The highest BCUT2D eigenvalue weighted by molar-refractivity contribution is 5.54. The van der Waals surface area contributed by atoms with Crippen LogP contribution in [-0.4, -0.2) is 23.0 Å². The molecular formula is C14H14N2O3. The molecule has 2 radical (unpaired) electrons. The van der Waals surface area contributed by atoms with Crippen molar-refractivity contribution < 1.29 is 9.15 Å². The smallest absolute Gasteiger partial charge is 0.388 e. The maximum Gasteiger partial charge on any atom is 0.437 e. The van der Waals surface area contributed by atoms with Gasteiger partial charge in [0.15, 0.2) is 0 Å². The van der Waals surface area contributed by atoms with E-state index in [0.717, 1.165) is 12.8 Å². The van der Waals surface area contributed by atoms with E-state index in [-0.39, 0.29) is 6.04 Å². The van der Waals surface area contributed by atoms with E-state index in [0.29, 0.717) is 30.2 Å². The van der Waals surface area contributed by atoms with Gasteiger partial charge >= 0.3 is 5.76 Å². The van der Waals surface area contributed by atoms with Gasteiger partial charge < -0.3 is 9.15 Å². The van der Waals surface area contributed by atoms with Crippen LogP contribution in [0.3, 0.4) is 0 Å². The minimum atomic E-state index is -0.427. The average molecular weight is 258 g/mol. The third-order valence-electron chi connectivity index (χ3n) is 3.24. The number of aromatic nitrogens is 2. The van der Waals surface area contributed by atoms with Gasteiger partial charge in [0.2, 0.25) is 5.89 Å². The number of benzene rings is 1. The number of rotatable bonds is 2. The Morgan fingerprint density at radius 1 is 1.32 bits per heavy atom. The highest BCUT2D eigenvalue weighted by Gasteiger charge is 2.21. The number of hydrogen-bond donors (Lipinski definition) is 0. The van der Waals surface area contributed by atoms with E-state index in [1.165, 1.54) is 4.68 Å². The van der Waals surface area contributed by atoms with Crippen LogP contribution >= 0.6 is 0 Å². The molecule has 19 heavy (non-hydrogen) atoms. The predicted octanol–water partition coefficient (Wildman–Crippen LogP) is 1.91. The molecule has 1 fully saturated rings. The monoisotopic (exact) mass is 258 g/mol. The Hall–Kier alpha value is -1.88. The highest BCUT2D eigenvalue weighted by atomic mass is 16.5. The highest BCUT2D eigenvalue weighted by Crippen LogP contribution is 2.21. The minimum Gasteiger partial charge on any atom is -0.388 e. The van der Waals surface area contributed by atoms with Crippen LogP contribution in [0.5, 0.6) is 0 Å². The van der Waals surface area contributed by atoms with Gasteiger partial charge in [-0.15, -0.1) is 5.10 Å². The summed E-state index contributed by atoms with van der Waals surface area (Å²) >= 11 is 0. The Balaban J connectivity index is 1.94. The van der Waals surface area contributed by atoms with Crippen molar-refractivity contribution in [1.82, 2.24) is 9.78 Å². The Labute approximate surface area is 110 Å². The van der Waals surface area contributed by atoms with Crippen molar-refractivity contribution in [3.63, 3.8) is 0 Å². The largest absolute Gasteiger partial charge is 0.437 e. The zero-order chi connectivity index (χ0) is 13.2. The van der Waals surface area contributed by atoms with Crippen molar-refractivity contribution in [3.05, 3.63) is 47.3 Å². The molecule has 3 rings (SSSR count). The number of ether oxygens (including phenoxy) is 1. The molecule has 0 unspecified atom stereocenters. The van der Waals surface area contributed by atoms with E-state index < -0.39 is 5.76 Å². The molecule has 1 aliphatic heterocycles. The summed E-state index contributed by atoms with van der Waals surface area (Å²) in [6.07, 6.45) is 1.56. The van der Waals surface area contributed by atoms with Crippen LogP contribution in [-0.2, 0) is 4.74 Å². The first-order chi connectivity index (χ1) is 9.24. The van der Waals surface area contributed by atoms with Crippen LogP contribution < -0.4 is 5.76 Å². The van der Waals surface area contributed by atoms with Crippen molar-refractivity contribution >= 4 is 0 Å². The zero-order valence-electron chi connectivity index (χ0n) is 10.4. The molecule has 0 amide bonds. The van der Waals surface area contributed by atoms with E-state index in [2.05, 4.69) is 5.10 Å². The summed E-state index contributed by atoms with van der Waals surface area (Å²) in [6, 6.07) is 7.19. The van der Waals surface area contributed by atoms with E-state index in [9.17, 15) is 4.79 Å². The Bertz CT molecular complexity index is 624. The van der Waals surface area contributed by atoms with Gasteiger partial charge in [0.05, 0.1) is 6.04 Å². The molecule has 2 aromatic rings. The molecule has 98 valence electrons. The van der Waals surface area contributed by atoms with Gasteiger partial charge in [-0.2, -0.15) is 4.68 Å². The molecule has 0 spiro atoms. The summed E-state index contributed by atoms with van der Waals surface area (Å²) < 4.78 is 11.9. The molecule has 1 saturated heterocycles. The lowest BCUT2D eigenvalue weighted by Gasteiger charge is -2.20. The summed E-state index contributed by atoms with van der Waals surface area (Å²) in [4.78, 5) is 11.9. The van der Waals surface area contributed by atoms with Crippen LogP contribution in [0.15, 0.2) is 33.5 Å². The third-order valence-corrected chi connectivity index (χ3v) is 3.24. The van der Waals surface area contributed by atoms with Crippen molar-refractivity contribution in [2.75, 3.05) is 13.2 Å². The normalized spacial score (nSPS) is 16.7. The molecule has 0 aliphatic carbocycles. The fourth-order valence-electron chi connectivity index (χ4n) is 2.24.